The van der Waals surface area contributed by atoms with Crippen molar-refractivity contribution in [2.45, 2.75) is 6.92 Å². The van der Waals surface area contributed by atoms with Crippen molar-refractivity contribution in [3.8, 4) is 17.2 Å². The SMILES string of the molecule is CC=Cc1ccccc1O.Oc1ccc2ccc(O)cc2c1. The van der Waals surface area contributed by atoms with Gasteiger partial charge < -0.3 is 15.3 Å². The van der Waals surface area contributed by atoms with E-state index in [1.807, 2.05) is 49.4 Å². The number of fused-ring (bicyclic) bond motifs is 1. The summed E-state index contributed by atoms with van der Waals surface area (Å²) < 4.78 is 0. The van der Waals surface area contributed by atoms with E-state index in [1.165, 1.54) is 0 Å². The van der Waals surface area contributed by atoms with Crippen molar-refractivity contribution < 1.29 is 15.3 Å². The third-order valence-electron chi connectivity index (χ3n) is 3.09. The van der Waals surface area contributed by atoms with Crippen LogP contribution >= 0.6 is 0 Å². The first-order chi connectivity index (χ1) is 10.6. The maximum atomic E-state index is 9.19. The Morgan fingerprint density at radius 3 is 1.86 bits per heavy atom. The Morgan fingerprint density at radius 2 is 1.32 bits per heavy atom. The molecule has 0 aliphatic rings. The van der Waals surface area contributed by atoms with E-state index in [2.05, 4.69) is 0 Å². The quantitative estimate of drug-likeness (QED) is 0.611. The second kappa shape index (κ2) is 7.18. The lowest BCUT2D eigenvalue weighted by Gasteiger charge is -1.98. The molecule has 3 heteroatoms. The van der Waals surface area contributed by atoms with Gasteiger partial charge in [0.25, 0.3) is 0 Å². The number of aromatic hydroxyl groups is 3. The van der Waals surface area contributed by atoms with Crippen LogP contribution in [0.4, 0.5) is 0 Å². The van der Waals surface area contributed by atoms with Gasteiger partial charge in [0.1, 0.15) is 17.2 Å². The standard InChI is InChI=1S/C10H8O2.C9H10O/c11-9-3-1-7-2-4-10(12)6-8(7)5-9;1-2-5-8-6-3-4-7-9(8)10/h1-6,11-12H;2-7,10H,1H3. The number of benzene rings is 3. The van der Waals surface area contributed by atoms with Crippen molar-refractivity contribution in [1.29, 1.82) is 0 Å². The molecule has 3 rings (SSSR count). The average Bonchev–Trinajstić information content (AvgIpc) is 2.50. The molecular weight excluding hydrogens is 276 g/mol. The first-order valence-electron chi connectivity index (χ1n) is 6.92. The van der Waals surface area contributed by atoms with Gasteiger partial charge in [-0.1, -0.05) is 42.5 Å². The van der Waals surface area contributed by atoms with Gasteiger partial charge in [-0.2, -0.15) is 0 Å². The summed E-state index contributed by atoms with van der Waals surface area (Å²) in [6.07, 6.45) is 3.77. The van der Waals surface area contributed by atoms with Gasteiger partial charge >= 0.3 is 0 Å². The molecule has 3 nitrogen and oxygen atoms in total. The van der Waals surface area contributed by atoms with Crippen molar-refractivity contribution >= 4 is 16.8 Å². The number of hydrogen-bond acceptors (Lipinski definition) is 3. The highest BCUT2D eigenvalue weighted by Crippen LogP contribution is 2.23. The zero-order valence-corrected chi connectivity index (χ0v) is 12.3. The summed E-state index contributed by atoms with van der Waals surface area (Å²) in [5.74, 6) is 0.766. The predicted molar refractivity (Wildman–Crippen MR) is 90.1 cm³/mol. The minimum absolute atomic E-state index is 0.216. The van der Waals surface area contributed by atoms with E-state index in [9.17, 15) is 5.11 Å². The number of para-hydroxylation sites is 1. The molecule has 0 saturated heterocycles. The van der Waals surface area contributed by atoms with Gasteiger partial charge in [-0.3, -0.25) is 0 Å². The van der Waals surface area contributed by atoms with E-state index < -0.39 is 0 Å². The van der Waals surface area contributed by atoms with Gasteiger partial charge in [0.2, 0.25) is 0 Å². The van der Waals surface area contributed by atoms with E-state index in [1.54, 1.807) is 30.3 Å². The minimum Gasteiger partial charge on any atom is -0.508 e. The molecule has 22 heavy (non-hydrogen) atoms. The van der Waals surface area contributed by atoms with Crippen molar-refractivity contribution in [3.05, 3.63) is 72.3 Å². The Morgan fingerprint density at radius 1 is 0.727 bits per heavy atom. The monoisotopic (exact) mass is 294 g/mol. The Bertz CT molecular complexity index is 755. The molecular formula is C19H18O3. The van der Waals surface area contributed by atoms with Crippen LogP contribution < -0.4 is 0 Å². The highest BCUT2D eigenvalue weighted by molar-refractivity contribution is 5.85. The number of hydrogen-bond donors (Lipinski definition) is 3. The second-order valence-corrected chi connectivity index (χ2v) is 4.77. The molecule has 0 aliphatic heterocycles. The Hall–Kier alpha value is -2.94. The summed E-state index contributed by atoms with van der Waals surface area (Å²) in [4.78, 5) is 0. The van der Waals surface area contributed by atoms with E-state index in [4.69, 9.17) is 10.2 Å². The number of phenolic OH excluding ortho intramolecular Hbond substituents is 3. The van der Waals surface area contributed by atoms with E-state index in [0.29, 0.717) is 5.75 Å². The molecule has 0 spiro atoms. The highest BCUT2D eigenvalue weighted by atomic mass is 16.3. The molecule has 0 amide bonds. The van der Waals surface area contributed by atoms with Crippen LogP contribution in [0.15, 0.2) is 66.7 Å². The van der Waals surface area contributed by atoms with Crippen molar-refractivity contribution in [2.75, 3.05) is 0 Å². The van der Waals surface area contributed by atoms with Gasteiger partial charge in [0, 0.05) is 5.56 Å². The van der Waals surface area contributed by atoms with Crippen LogP contribution in [0.25, 0.3) is 16.8 Å². The third kappa shape index (κ3) is 4.03. The summed E-state index contributed by atoms with van der Waals surface area (Å²) in [6.45, 7) is 1.92. The van der Waals surface area contributed by atoms with Gasteiger partial charge in [-0.05, 0) is 48.0 Å². The fourth-order valence-electron chi connectivity index (χ4n) is 2.03. The van der Waals surface area contributed by atoms with E-state index in [0.717, 1.165) is 16.3 Å². The predicted octanol–water partition coefficient (Wildman–Crippen LogP) is 4.68. The molecule has 3 aromatic carbocycles. The zero-order valence-electron chi connectivity index (χ0n) is 12.3. The fraction of sp³-hybridized carbons (Fsp3) is 0.0526. The average molecular weight is 294 g/mol. The lowest BCUT2D eigenvalue weighted by molar-refractivity contribution is 0.473. The van der Waals surface area contributed by atoms with Gasteiger partial charge in [0.05, 0.1) is 0 Å². The number of allylic oxidation sites excluding steroid dienone is 1. The highest BCUT2D eigenvalue weighted by Gasteiger charge is 1.95. The van der Waals surface area contributed by atoms with Crippen LogP contribution in [-0.4, -0.2) is 15.3 Å². The van der Waals surface area contributed by atoms with Gasteiger partial charge in [-0.15, -0.1) is 0 Å². The maximum absolute atomic E-state index is 9.19. The molecule has 3 aromatic rings. The van der Waals surface area contributed by atoms with Gasteiger partial charge in [0.15, 0.2) is 0 Å². The topological polar surface area (TPSA) is 60.7 Å². The Kier molecular flexibility index (Phi) is 5.04. The fourth-order valence-corrected chi connectivity index (χ4v) is 2.03. The zero-order chi connectivity index (χ0) is 15.9. The normalized spacial score (nSPS) is 10.4. The number of phenols is 3. The first kappa shape index (κ1) is 15.4. The molecule has 0 heterocycles. The smallest absolute Gasteiger partial charge is 0.122 e. The van der Waals surface area contributed by atoms with Crippen LogP contribution in [-0.2, 0) is 0 Å². The number of rotatable bonds is 1. The summed E-state index contributed by atoms with van der Waals surface area (Å²) in [7, 11) is 0. The molecule has 0 aromatic heterocycles. The maximum Gasteiger partial charge on any atom is 0.122 e. The Labute approximate surface area is 129 Å². The van der Waals surface area contributed by atoms with Crippen LogP contribution in [0.1, 0.15) is 12.5 Å². The molecule has 0 radical (unpaired) electrons. The van der Waals surface area contributed by atoms with E-state index >= 15 is 0 Å². The lowest BCUT2D eigenvalue weighted by atomic mass is 10.1. The van der Waals surface area contributed by atoms with Crippen LogP contribution in [0.3, 0.4) is 0 Å². The molecule has 0 atom stereocenters. The first-order valence-corrected chi connectivity index (χ1v) is 6.92. The summed E-state index contributed by atoms with van der Waals surface area (Å²) in [5, 5.41) is 29.3. The van der Waals surface area contributed by atoms with Crippen molar-refractivity contribution in [2.24, 2.45) is 0 Å². The Balaban J connectivity index is 0.000000164. The van der Waals surface area contributed by atoms with Gasteiger partial charge in [-0.25, -0.2) is 0 Å². The molecule has 0 aliphatic carbocycles. The largest absolute Gasteiger partial charge is 0.508 e. The second-order valence-electron chi connectivity index (χ2n) is 4.77. The minimum atomic E-state index is 0.216. The van der Waals surface area contributed by atoms with Crippen LogP contribution in [0.2, 0.25) is 0 Å². The third-order valence-corrected chi connectivity index (χ3v) is 3.09. The summed E-state index contributed by atoms with van der Waals surface area (Å²) >= 11 is 0. The van der Waals surface area contributed by atoms with E-state index in [-0.39, 0.29) is 11.5 Å². The molecule has 0 fully saturated rings. The summed E-state index contributed by atoms with van der Waals surface area (Å²) in [6, 6.07) is 17.4. The molecule has 0 saturated carbocycles. The van der Waals surface area contributed by atoms with Crippen LogP contribution in [0.5, 0.6) is 17.2 Å². The lowest BCUT2D eigenvalue weighted by Crippen LogP contribution is -1.71. The summed E-state index contributed by atoms with van der Waals surface area (Å²) in [5.41, 5.74) is 0.866. The van der Waals surface area contributed by atoms with Crippen LogP contribution in [0, 0.1) is 0 Å². The molecule has 112 valence electrons. The molecule has 0 unspecified atom stereocenters. The molecule has 0 bridgehead atoms. The van der Waals surface area contributed by atoms with Crippen molar-refractivity contribution in [3.63, 3.8) is 0 Å². The molecule has 3 N–H and O–H groups in total. The van der Waals surface area contributed by atoms with Crippen molar-refractivity contribution in [1.82, 2.24) is 0 Å².